The molecule has 82 valence electrons. The Morgan fingerprint density at radius 3 is 2.88 bits per heavy atom. The molecule has 1 heterocycles. The van der Waals surface area contributed by atoms with Crippen molar-refractivity contribution in [2.24, 2.45) is 5.73 Å². The Hall–Kier alpha value is -1.95. The molecule has 0 saturated carbocycles. The van der Waals surface area contributed by atoms with E-state index in [-0.39, 0.29) is 0 Å². The van der Waals surface area contributed by atoms with Crippen molar-refractivity contribution in [3.05, 3.63) is 36.2 Å². The molecular formula is C10H10N4OS. The van der Waals surface area contributed by atoms with Crippen molar-refractivity contribution in [2.45, 2.75) is 10.1 Å². The lowest BCUT2D eigenvalue weighted by Gasteiger charge is -2.04. The number of nitrogen functional groups attached to an aromatic ring is 1. The number of hydrogen-bond acceptors (Lipinski definition) is 4. The van der Waals surface area contributed by atoms with Crippen molar-refractivity contribution < 1.29 is 4.79 Å². The van der Waals surface area contributed by atoms with Crippen molar-refractivity contribution in [2.75, 3.05) is 5.73 Å². The van der Waals surface area contributed by atoms with Gasteiger partial charge in [-0.3, -0.25) is 4.79 Å². The van der Waals surface area contributed by atoms with Crippen LogP contribution in [0.4, 0.5) is 5.69 Å². The first-order valence-corrected chi connectivity index (χ1v) is 5.35. The summed E-state index contributed by atoms with van der Waals surface area (Å²) in [7, 11) is 0. The van der Waals surface area contributed by atoms with E-state index in [0.29, 0.717) is 16.4 Å². The first-order valence-electron chi connectivity index (χ1n) is 4.53. The topological polar surface area (TPSA) is 97.8 Å². The highest BCUT2D eigenvalue weighted by Gasteiger charge is 2.07. The van der Waals surface area contributed by atoms with E-state index < -0.39 is 5.91 Å². The molecule has 16 heavy (non-hydrogen) atoms. The number of carbonyl (C=O) groups excluding carboxylic acids is 1. The number of nitrogens with two attached hydrogens (primary N) is 2. The molecule has 0 fully saturated rings. The summed E-state index contributed by atoms with van der Waals surface area (Å²) < 4.78 is 0. The number of imidazole rings is 1. The normalized spacial score (nSPS) is 10.2. The predicted molar refractivity (Wildman–Crippen MR) is 62.1 cm³/mol. The Morgan fingerprint density at radius 1 is 1.44 bits per heavy atom. The minimum Gasteiger partial charge on any atom is -0.398 e. The maximum Gasteiger partial charge on any atom is 0.248 e. The zero-order chi connectivity index (χ0) is 11.5. The number of primary amides is 1. The Bertz CT molecular complexity index is 510. The number of H-pyrrole nitrogens is 1. The second-order valence-corrected chi connectivity index (χ2v) is 4.14. The van der Waals surface area contributed by atoms with E-state index in [4.69, 9.17) is 11.5 Å². The van der Waals surface area contributed by atoms with Gasteiger partial charge in [-0.1, -0.05) is 0 Å². The molecule has 2 aromatic rings. The summed E-state index contributed by atoms with van der Waals surface area (Å²) in [6.07, 6.45) is 3.37. The maximum atomic E-state index is 11.0. The zero-order valence-electron chi connectivity index (χ0n) is 8.31. The average molecular weight is 234 g/mol. The summed E-state index contributed by atoms with van der Waals surface area (Å²) in [6.45, 7) is 0. The van der Waals surface area contributed by atoms with Crippen LogP contribution in [0.5, 0.6) is 0 Å². The van der Waals surface area contributed by atoms with Gasteiger partial charge in [-0.15, -0.1) is 0 Å². The summed E-state index contributed by atoms with van der Waals surface area (Å²) in [5.41, 5.74) is 12.0. The van der Waals surface area contributed by atoms with E-state index in [1.807, 2.05) is 0 Å². The Kier molecular flexibility index (Phi) is 2.82. The Morgan fingerprint density at radius 2 is 2.25 bits per heavy atom. The number of carbonyl (C=O) groups is 1. The molecule has 1 aromatic carbocycles. The van der Waals surface area contributed by atoms with Crippen molar-refractivity contribution >= 4 is 23.4 Å². The standard InChI is InChI=1S/C10H10N4OS/c11-7-2-1-6(9(12)15)5-8(7)16-10-13-3-4-14-10/h1-5H,11H2,(H2,12,15)(H,13,14). The van der Waals surface area contributed by atoms with Crippen LogP contribution in [-0.4, -0.2) is 15.9 Å². The lowest BCUT2D eigenvalue weighted by molar-refractivity contribution is 0.1000. The molecule has 0 bridgehead atoms. The van der Waals surface area contributed by atoms with Crippen molar-refractivity contribution in [1.82, 2.24) is 9.97 Å². The van der Waals surface area contributed by atoms with Gasteiger partial charge in [0.05, 0.1) is 0 Å². The molecule has 0 unspecified atom stereocenters. The number of benzene rings is 1. The molecule has 0 aliphatic heterocycles. The average Bonchev–Trinajstić information content (AvgIpc) is 2.73. The zero-order valence-corrected chi connectivity index (χ0v) is 9.12. The number of nitrogens with one attached hydrogen (secondary N) is 1. The van der Waals surface area contributed by atoms with E-state index in [9.17, 15) is 4.79 Å². The van der Waals surface area contributed by atoms with Gasteiger partial charge in [0, 0.05) is 28.5 Å². The van der Waals surface area contributed by atoms with Crippen LogP contribution in [-0.2, 0) is 0 Å². The van der Waals surface area contributed by atoms with Crippen molar-refractivity contribution in [3.8, 4) is 0 Å². The second-order valence-electron chi connectivity index (χ2n) is 3.11. The van der Waals surface area contributed by atoms with Crippen LogP contribution in [0, 0.1) is 0 Å². The highest BCUT2D eigenvalue weighted by atomic mass is 32.2. The number of amides is 1. The van der Waals surface area contributed by atoms with Crippen LogP contribution in [0.25, 0.3) is 0 Å². The van der Waals surface area contributed by atoms with E-state index >= 15 is 0 Å². The summed E-state index contributed by atoms with van der Waals surface area (Å²) in [5, 5.41) is 0.716. The van der Waals surface area contributed by atoms with E-state index in [1.165, 1.54) is 11.8 Å². The fraction of sp³-hybridized carbons (Fsp3) is 0. The molecule has 0 aliphatic rings. The van der Waals surface area contributed by atoms with E-state index in [0.717, 1.165) is 4.90 Å². The van der Waals surface area contributed by atoms with Gasteiger partial charge in [-0.05, 0) is 30.0 Å². The predicted octanol–water partition coefficient (Wildman–Crippen LogP) is 1.24. The highest BCUT2D eigenvalue weighted by Crippen LogP contribution is 2.30. The fourth-order valence-corrected chi connectivity index (χ4v) is 2.01. The van der Waals surface area contributed by atoms with Crippen molar-refractivity contribution in [3.63, 3.8) is 0 Å². The van der Waals surface area contributed by atoms with Gasteiger partial charge in [-0.2, -0.15) is 0 Å². The minimum absolute atomic E-state index is 0.434. The monoisotopic (exact) mass is 234 g/mol. The minimum atomic E-state index is -0.471. The number of aromatic nitrogens is 2. The highest BCUT2D eigenvalue weighted by molar-refractivity contribution is 7.99. The molecule has 0 atom stereocenters. The van der Waals surface area contributed by atoms with Gasteiger partial charge in [0.1, 0.15) is 0 Å². The summed E-state index contributed by atoms with van der Waals surface area (Å²) in [4.78, 5) is 18.8. The SMILES string of the molecule is NC(=O)c1ccc(N)c(Sc2ncc[nH]2)c1. The number of aromatic amines is 1. The number of nitrogens with zero attached hydrogens (tertiary/aromatic N) is 1. The van der Waals surface area contributed by atoms with Gasteiger partial charge in [-0.25, -0.2) is 4.98 Å². The molecule has 1 amide bonds. The van der Waals surface area contributed by atoms with E-state index in [2.05, 4.69) is 9.97 Å². The number of anilines is 1. The third-order valence-corrected chi connectivity index (χ3v) is 2.97. The second kappa shape index (κ2) is 4.28. The molecule has 1 aromatic heterocycles. The van der Waals surface area contributed by atoms with Gasteiger partial charge in [0.25, 0.3) is 0 Å². The van der Waals surface area contributed by atoms with Crippen LogP contribution >= 0.6 is 11.8 Å². The summed E-state index contributed by atoms with van der Waals surface area (Å²) >= 11 is 1.35. The fourth-order valence-electron chi connectivity index (χ4n) is 1.19. The molecule has 0 saturated heterocycles. The Balaban J connectivity index is 2.32. The van der Waals surface area contributed by atoms with Crippen LogP contribution in [0.3, 0.4) is 0 Å². The molecule has 6 heteroatoms. The number of rotatable bonds is 3. The third kappa shape index (κ3) is 2.17. The molecular weight excluding hydrogens is 224 g/mol. The number of hydrogen-bond donors (Lipinski definition) is 3. The maximum absolute atomic E-state index is 11.0. The molecule has 2 rings (SSSR count). The lowest BCUT2D eigenvalue weighted by atomic mass is 10.2. The van der Waals surface area contributed by atoms with Crippen LogP contribution in [0.1, 0.15) is 10.4 Å². The molecule has 0 radical (unpaired) electrons. The summed E-state index contributed by atoms with van der Waals surface area (Å²) in [5.74, 6) is -0.471. The van der Waals surface area contributed by atoms with Gasteiger partial charge in [0.2, 0.25) is 5.91 Å². The summed E-state index contributed by atoms with van der Waals surface area (Å²) in [6, 6.07) is 4.92. The van der Waals surface area contributed by atoms with Gasteiger partial charge in [0.15, 0.2) is 5.16 Å². The molecule has 0 aliphatic carbocycles. The molecule has 0 spiro atoms. The third-order valence-electron chi connectivity index (χ3n) is 1.98. The molecule has 5 N–H and O–H groups in total. The Labute approximate surface area is 96.2 Å². The van der Waals surface area contributed by atoms with Crippen molar-refractivity contribution in [1.29, 1.82) is 0 Å². The van der Waals surface area contributed by atoms with Gasteiger partial charge < -0.3 is 16.5 Å². The lowest BCUT2D eigenvalue weighted by Crippen LogP contribution is -2.11. The first-order chi connectivity index (χ1) is 7.66. The quantitative estimate of drug-likeness (QED) is 0.696. The first kappa shape index (κ1) is 10.6. The smallest absolute Gasteiger partial charge is 0.248 e. The molecule has 5 nitrogen and oxygen atoms in total. The largest absolute Gasteiger partial charge is 0.398 e. The van der Waals surface area contributed by atoms with Crippen LogP contribution < -0.4 is 11.5 Å². The van der Waals surface area contributed by atoms with Crippen LogP contribution in [0.2, 0.25) is 0 Å². The van der Waals surface area contributed by atoms with Gasteiger partial charge >= 0.3 is 0 Å². The van der Waals surface area contributed by atoms with E-state index in [1.54, 1.807) is 30.6 Å². The van der Waals surface area contributed by atoms with Crippen LogP contribution in [0.15, 0.2) is 40.6 Å².